The zero-order chi connectivity index (χ0) is 18.4. The van der Waals surface area contributed by atoms with Crippen molar-refractivity contribution in [3.8, 4) is 0 Å². The van der Waals surface area contributed by atoms with Crippen LogP contribution in [0.2, 0.25) is 0 Å². The Labute approximate surface area is 142 Å². The molecule has 0 aliphatic carbocycles. The first kappa shape index (κ1) is 18.3. The van der Waals surface area contributed by atoms with E-state index in [0.29, 0.717) is 5.96 Å². The van der Waals surface area contributed by atoms with Crippen LogP contribution in [0.15, 0.2) is 65.7 Å². The van der Waals surface area contributed by atoms with Crippen LogP contribution in [0.4, 0.5) is 18.9 Å². The lowest BCUT2D eigenvalue weighted by Gasteiger charge is -2.18. The first-order valence-electron chi connectivity index (χ1n) is 7.30. The van der Waals surface area contributed by atoms with Crippen molar-refractivity contribution in [2.75, 3.05) is 11.4 Å². The largest absolute Gasteiger partial charge is 0.490 e. The number of anilines is 1. The number of halogens is 3. The molecule has 0 spiro atoms. The number of aliphatic imine (C=N–C) groups is 1. The normalized spacial score (nSPS) is 16.7. The Hall–Kier alpha value is -3.03. The minimum atomic E-state index is -5.08. The number of para-hydroxylation sites is 1. The van der Waals surface area contributed by atoms with Gasteiger partial charge in [-0.1, -0.05) is 48.5 Å². The van der Waals surface area contributed by atoms with Crippen LogP contribution in [0.5, 0.6) is 0 Å². The molecule has 0 radical (unpaired) electrons. The summed E-state index contributed by atoms with van der Waals surface area (Å²) in [6.45, 7) is 0.805. The fourth-order valence-corrected chi connectivity index (χ4v) is 2.24. The highest BCUT2D eigenvalue weighted by molar-refractivity contribution is 5.96. The molecular weight excluding hydrogens is 335 g/mol. The van der Waals surface area contributed by atoms with Crippen molar-refractivity contribution < 1.29 is 23.1 Å². The topological polar surface area (TPSA) is 78.9 Å². The molecule has 2 aromatic carbocycles. The van der Waals surface area contributed by atoms with E-state index in [-0.39, 0.29) is 6.04 Å². The second-order valence-electron chi connectivity index (χ2n) is 5.16. The quantitative estimate of drug-likeness (QED) is 0.871. The molecule has 3 rings (SSSR count). The van der Waals surface area contributed by atoms with E-state index in [1.54, 1.807) is 0 Å². The molecule has 1 heterocycles. The summed E-state index contributed by atoms with van der Waals surface area (Å²) in [5, 5.41) is 7.12. The monoisotopic (exact) mass is 351 g/mol. The number of carboxylic acids is 1. The second-order valence-corrected chi connectivity index (χ2v) is 5.16. The molecule has 2 aromatic rings. The van der Waals surface area contributed by atoms with E-state index in [9.17, 15) is 13.2 Å². The Balaban J connectivity index is 0.000000277. The molecule has 3 N–H and O–H groups in total. The van der Waals surface area contributed by atoms with Crippen LogP contribution < -0.4 is 10.6 Å². The third-order valence-electron chi connectivity index (χ3n) is 3.41. The molecule has 8 heteroatoms. The van der Waals surface area contributed by atoms with Gasteiger partial charge in [-0.2, -0.15) is 13.2 Å². The van der Waals surface area contributed by atoms with Crippen molar-refractivity contribution in [2.45, 2.75) is 12.2 Å². The number of nitrogens with two attached hydrogens (primary N) is 1. The summed E-state index contributed by atoms with van der Waals surface area (Å²) in [4.78, 5) is 15.5. The maximum absolute atomic E-state index is 10.6. The molecular formula is C17H16F3N3O2. The molecule has 0 aromatic heterocycles. The molecule has 0 fully saturated rings. The highest BCUT2D eigenvalue weighted by Crippen LogP contribution is 2.27. The van der Waals surface area contributed by atoms with Gasteiger partial charge >= 0.3 is 12.1 Å². The molecule has 0 saturated carbocycles. The summed E-state index contributed by atoms with van der Waals surface area (Å²) in [5.41, 5.74) is 8.32. The minimum Gasteiger partial charge on any atom is -0.475 e. The number of benzene rings is 2. The maximum Gasteiger partial charge on any atom is 0.490 e. The Morgan fingerprint density at radius 1 is 1.08 bits per heavy atom. The Bertz CT molecular complexity index is 734. The van der Waals surface area contributed by atoms with Crippen LogP contribution in [-0.4, -0.2) is 29.8 Å². The molecule has 25 heavy (non-hydrogen) atoms. The Kier molecular flexibility index (Phi) is 5.63. The third-order valence-corrected chi connectivity index (χ3v) is 3.41. The summed E-state index contributed by atoms with van der Waals surface area (Å²) in [7, 11) is 0. The van der Waals surface area contributed by atoms with Crippen LogP contribution >= 0.6 is 0 Å². The molecule has 0 bridgehead atoms. The smallest absolute Gasteiger partial charge is 0.475 e. The van der Waals surface area contributed by atoms with Gasteiger partial charge < -0.3 is 15.7 Å². The average Bonchev–Trinajstić information content (AvgIpc) is 2.98. The lowest BCUT2D eigenvalue weighted by molar-refractivity contribution is -0.192. The molecule has 0 unspecified atom stereocenters. The number of carboxylic acid groups (broad SMARTS) is 1. The first-order chi connectivity index (χ1) is 11.8. The molecule has 0 saturated heterocycles. The van der Waals surface area contributed by atoms with E-state index >= 15 is 0 Å². The lowest BCUT2D eigenvalue weighted by atomic mass is 10.1. The van der Waals surface area contributed by atoms with Gasteiger partial charge in [-0.3, -0.25) is 0 Å². The summed E-state index contributed by atoms with van der Waals surface area (Å²) in [6.07, 6.45) is -5.08. The van der Waals surface area contributed by atoms with Crippen LogP contribution in [0.1, 0.15) is 11.6 Å². The number of rotatable bonds is 2. The van der Waals surface area contributed by atoms with E-state index in [4.69, 9.17) is 15.6 Å². The molecule has 5 nitrogen and oxygen atoms in total. The predicted octanol–water partition coefficient (Wildman–Crippen LogP) is 3.20. The minimum absolute atomic E-state index is 0.131. The summed E-state index contributed by atoms with van der Waals surface area (Å²) in [6, 6.07) is 20.5. The number of nitrogens with zero attached hydrogens (tertiary/aromatic N) is 2. The van der Waals surface area contributed by atoms with Gasteiger partial charge in [0, 0.05) is 5.69 Å². The average molecular weight is 351 g/mol. The van der Waals surface area contributed by atoms with Gasteiger partial charge in [0.05, 0.1) is 12.6 Å². The van der Waals surface area contributed by atoms with Gasteiger partial charge in [0.25, 0.3) is 0 Å². The zero-order valence-electron chi connectivity index (χ0n) is 13.0. The lowest BCUT2D eigenvalue weighted by Crippen LogP contribution is -2.33. The number of carbonyl (C=O) groups is 1. The van der Waals surface area contributed by atoms with Gasteiger partial charge in [0.2, 0.25) is 0 Å². The zero-order valence-corrected chi connectivity index (χ0v) is 13.0. The van der Waals surface area contributed by atoms with Crippen LogP contribution in [0, 0.1) is 0 Å². The van der Waals surface area contributed by atoms with Gasteiger partial charge in [-0.25, -0.2) is 9.79 Å². The summed E-state index contributed by atoms with van der Waals surface area (Å²) in [5.74, 6) is -2.16. The van der Waals surface area contributed by atoms with E-state index < -0.39 is 12.1 Å². The van der Waals surface area contributed by atoms with E-state index in [1.807, 2.05) is 36.4 Å². The molecule has 0 amide bonds. The van der Waals surface area contributed by atoms with Crippen molar-refractivity contribution in [3.05, 3.63) is 66.2 Å². The van der Waals surface area contributed by atoms with E-state index in [0.717, 1.165) is 12.2 Å². The number of aliphatic carboxylic acids is 1. The fraction of sp³-hybridized carbons (Fsp3) is 0.176. The second kappa shape index (κ2) is 7.69. The SMILES string of the molecule is NC1=N[C@@H](c2ccccc2)CN1c1ccccc1.O=C(O)C(F)(F)F. The van der Waals surface area contributed by atoms with Gasteiger partial charge in [0.15, 0.2) is 5.96 Å². The van der Waals surface area contributed by atoms with Gasteiger partial charge in [-0.05, 0) is 17.7 Å². The first-order valence-corrected chi connectivity index (χ1v) is 7.30. The van der Waals surface area contributed by atoms with Crippen LogP contribution in [-0.2, 0) is 4.79 Å². The van der Waals surface area contributed by atoms with Gasteiger partial charge in [0.1, 0.15) is 0 Å². The highest BCUT2D eigenvalue weighted by Gasteiger charge is 2.38. The number of hydrogen-bond donors (Lipinski definition) is 2. The molecule has 1 aliphatic heterocycles. The molecule has 1 aliphatic rings. The number of alkyl halides is 3. The standard InChI is InChI=1S/C15H15N3.C2HF3O2/c16-15-17-14(12-7-3-1-4-8-12)11-18(15)13-9-5-2-6-10-13;3-2(4,5)1(6)7/h1-10,14H,11H2,(H2,16,17);(H,6,7)/t14-;/m1./s1. The predicted molar refractivity (Wildman–Crippen MR) is 88.3 cm³/mol. The summed E-state index contributed by atoms with van der Waals surface area (Å²) >= 11 is 0. The van der Waals surface area contributed by atoms with Crippen molar-refractivity contribution in [1.29, 1.82) is 0 Å². The van der Waals surface area contributed by atoms with Crippen LogP contribution in [0.25, 0.3) is 0 Å². The summed E-state index contributed by atoms with van der Waals surface area (Å²) < 4.78 is 31.7. The molecule has 132 valence electrons. The van der Waals surface area contributed by atoms with Crippen molar-refractivity contribution >= 4 is 17.6 Å². The third kappa shape index (κ3) is 4.97. The van der Waals surface area contributed by atoms with Crippen LogP contribution in [0.3, 0.4) is 0 Å². The Morgan fingerprint density at radius 3 is 2.04 bits per heavy atom. The van der Waals surface area contributed by atoms with Crippen molar-refractivity contribution in [2.24, 2.45) is 10.7 Å². The van der Waals surface area contributed by atoms with Crippen molar-refractivity contribution in [3.63, 3.8) is 0 Å². The van der Waals surface area contributed by atoms with Crippen molar-refractivity contribution in [1.82, 2.24) is 0 Å². The molecule has 1 atom stereocenters. The number of hydrogen-bond acceptors (Lipinski definition) is 4. The fourth-order valence-electron chi connectivity index (χ4n) is 2.24. The van der Waals surface area contributed by atoms with E-state index in [2.05, 4.69) is 34.2 Å². The maximum atomic E-state index is 10.6. The Morgan fingerprint density at radius 2 is 1.56 bits per heavy atom. The van der Waals surface area contributed by atoms with Gasteiger partial charge in [-0.15, -0.1) is 0 Å². The highest BCUT2D eigenvalue weighted by atomic mass is 19.4. The number of guanidine groups is 1. The van der Waals surface area contributed by atoms with E-state index in [1.165, 1.54) is 5.56 Å².